The number of amides is 2. The molecule has 0 unspecified atom stereocenters. The molecule has 0 spiro atoms. The van der Waals surface area contributed by atoms with Crippen molar-refractivity contribution in [2.45, 2.75) is 33.6 Å². The Morgan fingerprint density at radius 2 is 1.75 bits per heavy atom. The monoisotopic (exact) mass is 228 g/mol. The molecule has 0 aromatic carbocycles. The predicted octanol–water partition coefficient (Wildman–Crippen LogP) is -0.591. The number of hydrazine groups is 2. The van der Waals surface area contributed by atoms with E-state index in [1.165, 1.54) is 0 Å². The Balaban J connectivity index is 3.03. The van der Waals surface area contributed by atoms with E-state index in [0.29, 0.717) is 12.8 Å². The van der Waals surface area contributed by atoms with Crippen LogP contribution in [0.3, 0.4) is 0 Å². The number of hydrogen-bond donors (Lipinski definition) is 4. The van der Waals surface area contributed by atoms with Crippen LogP contribution in [0.5, 0.6) is 0 Å². The number of rotatable bonds is 2. The van der Waals surface area contributed by atoms with Crippen molar-refractivity contribution in [2.24, 2.45) is 28.4 Å². The van der Waals surface area contributed by atoms with Crippen molar-refractivity contribution in [3.8, 4) is 0 Å². The highest BCUT2D eigenvalue weighted by Gasteiger charge is 2.57. The number of carbonyl (C=O) groups excluding carboxylic acids is 2. The second kappa shape index (κ2) is 4.03. The van der Waals surface area contributed by atoms with E-state index in [2.05, 4.69) is 10.9 Å². The number of nitrogens with two attached hydrogens (primary N) is 2. The maximum absolute atomic E-state index is 11.8. The van der Waals surface area contributed by atoms with E-state index in [1.54, 1.807) is 0 Å². The Morgan fingerprint density at radius 3 is 2.19 bits per heavy atom. The fourth-order valence-corrected chi connectivity index (χ4v) is 2.63. The summed E-state index contributed by atoms with van der Waals surface area (Å²) < 4.78 is 0. The van der Waals surface area contributed by atoms with Crippen molar-refractivity contribution in [3.05, 3.63) is 0 Å². The molecule has 6 nitrogen and oxygen atoms in total. The molecule has 6 N–H and O–H groups in total. The maximum atomic E-state index is 11.8. The summed E-state index contributed by atoms with van der Waals surface area (Å²) in [5.74, 6) is 9.61. The summed E-state index contributed by atoms with van der Waals surface area (Å²) in [5.41, 5.74) is 3.22. The molecular weight excluding hydrogens is 208 g/mol. The van der Waals surface area contributed by atoms with Crippen LogP contribution < -0.4 is 22.5 Å². The smallest absolute Gasteiger partial charge is 0.240 e. The van der Waals surface area contributed by atoms with Crippen LogP contribution in [-0.2, 0) is 9.59 Å². The molecule has 2 atom stereocenters. The molecule has 92 valence electrons. The molecule has 1 saturated carbocycles. The Bertz CT molecular complexity index is 316. The van der Waals surface area contributed by atoms with Gasteiger partial charge in [-0.1, -0.05) is 20.8 Å². The van der Waals surface area contributed by atoms with Crippen molar-refractivity contribution < 1.29 is 9.59 Å². The summed E-state index contributed by atoms with van der Waals surface area (Å²) in [6.07, 6.45) is 1.26. The van der Waals surface area contributed by atoms with Gasteiger partial charge in [-0.2, -0.15) is 0 Å². The quantitative estimate of drug-likeness (QED) is 0.287. The van der Waals surface area contributed by atoms with Crippen LogP contribution in [0.2, 0.25) is 0 Å². The van der Waals surface area contributed by atoms with Crippen LogP contribution in [0.15, 0.2) is 0 Å². The highest BCUT2D eigenvalue weighted by Crippen LogP contribution is 2.55. The normalized spacial score (nSPS) is 32.2. The largest absolute Gasteiger partial charge is 0.294 e. The number of nitrogens with one attached hydrogen (secondary N) is 2. The Morgan fingerprint density at radius 1 is 1.19 bits per heavy atom. The fourth-order valence-electron chi connectivity index (χ4n) is 2.63. The van der Waals surface area contributed by atoms with Gasteiger partial charge >= 0.3 is 0 Å². The van der Waals surface area contributed by atoms with Crippen LogP contribution in [0.1, 0.15) is 33.6 Å². The Hall–Kier alpha value is -1.14. The molecule has 1 rings (SSSR count). The van der Waals surface area contributed by atoms with Crippen LogP contribution in [0, 0.1) is 16.7 Å². The Labute approximate surface area is 95.1 Å². The molecule has 1 aliphatic rings. The first-order valence-corrected chi connectivity index (χ1v) is 5.32. The number of carbonyl (C=O) groups is 2. The van der Waals surface area contributed by atoms with Crippen molar-refractivity contribution in [2.75, 3.05) is 0 Å². The first-order valence-electron chi connectivity index (χ1n) is 5.32. The molecule has 0 aromatic rings. The first kappa shape index (κ1) is 12.9. The molecule has 0 saturated heterocycles. The standard InChI is InChI=1S/C10H20N4O2/c1-9(2)6(7(15)13-11)4-5-10(9,3)8(16)14-12/h6H,4-5,11-12H2,1-3H3,(H,13,15)(H,14,16)/t6-,10+/m0/s1. The highest BCUT2D eigenvalue weighted by molar-refractivity contribution is 5.86. The lowest BCUT2D eigenvalue weighted by Crippen LogP contribution is -2.51. The van der Waals surface area contributed by atoms with Crippen LogP contribution in [0.4, 0.5) is 0 Å². The molecule has 2 amide bonds. The van der Waals surface area contributed by atoms with Gasteiger partial charge in [0.05, 0.1) is 5.41 Å². The zero-order valence-corrected chi connectivity index (χ0v) is 9.96. The lowest BCUT2D eigenvalue weighted by atomic mass is 9.65. The van der Waals surface area contributed by atoms with Gasteiger partial charge in [-0.05, 0) is 18.3 Å². The third kappa shape index (κ3) is 1.58. The summed E-state index contributed by atoms with van der Waals surface area (Å²) >= 11 is 0. The van der Waals surface area contributed by atoms with E-state index in [4.69, 9.17) is 11.7 Å². The van der Waals surface area contributed by atoms with Gasteiger partial charge in [0.15, 0.2) is 0 Å². The molecule has 16 heavy (non-hydrogen) atoms. The predicted molar refractivity (Wildman–Crippen MR) is 59.3 cm³/mol. The summed E-state index contributed by atoms with van der Waals surface area (Å²) in [6, 6.07) is 0. The average molecular weight is 228 g/mol. The van der Waals surface area contributed by atoms with Crippen LogP contribution in [0.25, 0.3) is 0 Å². The molecule has 0 heterocycles. The minimum Gasteiger partial charge on any atom is -0.294 e. The van der Waals surface area contributed by atoms with E-state index >= 15 is 0 Å². The van der Waals surface area contributed by atoms with Crippen LogP contribution in [-0.4, -0.2) is 11.8 Å². The van der Waals surface area contributed by atoms with Gasteiger partial charge in [0.2, 0.25) is 11.8 Å². The van der Waals surface area contributed by atoms with Gasteiger partial charge < -0.3 is 0 Å². The van der Waals surface area contributed by atoms with Gasteiger partial charge in [0.25, 0.3) is 0 Å². The van der Waals surface area contributed by atoms with Crippen molar-refractivity contribution >= 4 is 11.8 Å². The van der Waals surface area contributed by atoms with Crippen molar-refractivity contribution in [1.82, 2.24) is 10.9 Å². The molecule has 1 aliphatic carbocycles. The van der Waals surface area contributed by atoms with Gasteiger partial charge in [0.1, 0.15) is 0 Å². The van der Waals surface area contributed by atoms with E-state index in [0.717, 1.165) is 0 Å². The zero-order chi connectivity index (χ0) is 12.6. The molecule has 0 bridgehead atoms. The van der Waals surface area contributed by atoms with E-state index < -0.39 is 10.8 Å². The molecular formula is C10H20N4O2. The van der Waals surface area contributed by atoms with Gasteiger partial charge in [-0.25, -0.2) is 11.7 Å². The summed E-state index contributed by atoms with van der Waals surface area (Å²) in [4.78, 5) is 23.4. The second-order valence-electron chi connectivity index (χ2n) is 5.13. The molecule has 6 heteroatoms. The van der Waals surface area contributed by atoms with E-state index in [-0.39, 0.29) is 17.7 Å². The highest BCUT2D eigenvalue weighted by atomic mass is 16.2. The fraction of sp³-hybridized carbons (Fsp3) is 0.800. The Kier molecular flexibility index (Phi) is 3.25. The van der Waals surface area contributed by atoms with Crippen molar-refractivity contribution in [3.63, 3.8) is 0 Å². The third-order valence-corrected chi connectivity index (χ3v) is 4.32. The lowest BCUT2D eigenvalue weighted by Gasteiger charge is -2.39. The molecule has 0 aromatic heterocycles. The van der Waals surface area contributed by atoms with Gasteiger partial charge in [-0.3, -0.25) is 20.4 Å². The first-order chi connectivity index (χ1) is 7.31. The lowest BCUT2D eigenvalue weighted by molar-refractivity contribution is -0.139. The molecule has 0 radical (unpaired) electrons. The minimum atomic E-state index is -0.640. The summed E-state index contributed by atoms with van der Waals surface area (Å²) in [6.45, 7) is 5.63. The van der Waals surface area contributed by atoms with Gasteiger partial charge in [0, 0.05) is 5.92 Å². The molecule has 0 aliphatic heterocycles. The van der Waals surface area contributed by atoms with Crippen LogP contribution >= 0.6 is 0 Å². The minimum absolute atomic E-state index is 0.224. The van der Waals surface area contributed by atoms with E-state index in [9.17, 15) is 9.59 Å². The van der Waals surface area contributed by atoms with E-state index in [1.807, 2.05) is 20.8 Å². The summed E-state index contributed by atoms with van der Waals surface area (Å²) in [5, 5.41) is 0. The molecule has 1 fully saturated rings. The second-order valence-corrected chi connectivity index (χ2v) is 5.13. The topological polar surface area (TPSA) is 110 Å². The maximum Gasteiger partial charge on any atom is 0.240 e. The average Bonchev–Trinajstić information content (AvgIpc) is 2.49. The SMILES string of the molecule is CC1(C)[C@H](C(=O)NN)CC[C@]1(C)C(=O)NN. The summed E-state index contributed by atoms with van der Waals surface area (Å²) in [7, 11) is 0. The van der Waals surface area contributed by atoms with Gasteiger partial charge in [-0.15, -0.1) is 0 Å². The zero-order valence-electron chi connectivity index (χ0n) is 9.96. The third-order valence-electron chi connectivity index (χ3n) is 4.32. The number of hydrogen-bond acceptors (Lipinski definition) is 4. The van der Waals surface area contributed by atoms with Crippen molar-refractivity contribution in [1.29, 1.82) is 0 Å².